The van der Waals surface area contributed by atoms with E-state index in [1.165, 1.54) is 5.56 Å². The largest absolute Gasteiger partial charge is 0.392 e. The molecule has 0 aliphatic rings. The van der Waals surface area contributed by atoms with Gasteiger partial charge in [-0.2, -0.15) is 0 Å². The Kier molecular flexibility index (Phi) is 7.46. The second-order valence-corrected chi connectivity index (χ2v) is 6.01. The maximum absolute atomic E-state index is 11.4. The first-order valence-electron chi connectivity index (χ1n) is 8.47. The molecule has 0 heterocycles. The van der Waals surface area contributed by atoms with Crippen LogP contribution in [0.25, 0.3) is 0 Å². The molecule has 4 N–H and O–H groups in total. The molecule has 0 spiro atoms. The zero-order valence-corrected chi connectivity index (χ0v) is 13.9. The summed E-state index contributed by atoms with van der Waals surface area (Å²) in [4.78, 5) is 11.4. The van der Waals surface area contributed by atoms with E-state index in [4.69, 9.17) is 5.73 Å². The molecule has 128 valence electrons. The molecule has 0 aromatic heterocycles. The predicted molar refractivity (Wildman–Crippen MR) is 96.9 cm³/mol. The molecule has 1 atom stereocenters. The Hall–Kier alpha value is -2.17. The number of rotatable bonds is 10. The van der Waals surface area contributed by atoms with Gasteiger partial charge < -0.3 is 16.2 Å². The fourth-order valence-electron chi connectivity index (χ4n) is 2.73. The molecule has 0 saturated carbocycles. The fourth-order valence-corrected chi connectivity index (χ4v) is 2.73. The van der Waals surface area contributed by atoms with Gasteiger partial charge in [-0.15, -0.1) is 0 Å². The Bertz CT molecular complexity index is 629. The molecule has 0 fully saturated rings. The van der Waals surface area contributed by atoms with Gasteiger partial charge in [-0.3, -0.25) is 4.79 Å². The molecule has 0 saturated heterocycles. The summed E-state index contributed by atoms with van der Waals surface area (Å²) >= 11 is 0. The monoisotopic (exact) mass is 326 g/mol. The highest BCUT2D eigenvalue weighted by Gasteiger charge is 2.07. The first kappa shape index (κ1) is 18.2. The third-order valence-electron chi connectivity index (χ3n) is 4.07. The lowest BCUT2D eigenvalue weighted by Crippen LogP contribution is -2.28. The minimum absolute atomic E-state index is 0.344. The zero-order valence-electron chi connectivity index (χ0n) is 13.9. The Balaban J connectivity index is 1.62. The number of aliphatic hydroxyl groups excluding tert-OH is 1. The molecule has 2 rings (SSSR count). The maximum Gasteiger partial charge on any atom is 0.248 e. The van der Waals surface area contributed by atoms with E-state index < -0.39 is 0 Å². The highest BCUT2D eigenvalue weighted by atomic mass is 16.3. The van der Waals surface area contributed by atoms with E-state index in [0.717, 1.165) is 37.8 Å². The van der Waals surface area contributed by atoms with Crippen molar-refractivity contribution in [2.24, 2.45) is 5.73 Å². The van der Waals surface area contributed by atoms with Crippen LogP contribution >= 0.6 is 0 Å². The number of hydrogen-bond acceptors (Lipinski definition) is 3. The lowest BCUT2D eigenvalue weighted by molar-refractivity contribution is 0.0999. The van der Waals surface area contributed by atoms with Crippen LogP contribution < -0.4 is 11.1 Å². The summed E-state index contributed by atoms with van der Waals surface area (Å²) in [5, 5.41) is 13.3. The molecular formula is C20H26N2O2. The van der Waals surface area contributed by atoms with Gasteiger partial charge in [0.05, 0.1) is 6.10 Å². The number of carbonyl (C=O) groups excluding carboxylic acids is 1. The number of amides is 1. The summed E-state index contributed by atoms with van der Waals surface area (Å²) in [5.41, 5.74) is 8.21. The van der Waals surface area contributed by atoms with Gasteiger partial charge in [0.2, 0.25) is 5.91 Å². The maximum atomic E-state index is 11.4. The van der Waals surface area contributed by atoms with Crippen LogP contribution in [0.4, 0.5) is 0 Å². The summed E-state index contributed by atoms with van der Waals surface area (Å²) in [7, 11) is 0. The Morgan fingerprint density at radius 3 is 2.50 bits per heavy atom. The quantitative estimate of drug-likeness (QED) is 0.587. The number of nitrogens with one attached hydrogen (secondary N) is 1. The van der Waals surface area contributed by atoms with E-state index in [2.05, 4.69) is 17.4 Å². The van der Waals surface area contributed by atoms with E-state index in [9.17, 15) is 9.90 Å². The van der Waals surface area contributed by atoms with Crippen LogP contribution in [-0.2, 0) is 12.8 Å². The molecule has 0 aliphatic heterocycles. The van der Waals surface area contributed by atoms with Crippen LogP contribution in [0.3, 0.4) is 0 Å². The van der Waals surface area contributed by atoms with Crippen LogP contribution in [0, 0.1) is 0 Å². The highest BCUT2D eigenvalue weighted by molar-refractivity contribution is 5.94. The number of carbonyl (C=O) groups is 1. The lowest BCUT2D eigenvalue weighted by Gasteiger charge is -2.12. The average Bonchev–Trinajstić information content (AvgIpc) is 2.61. The highest BCUT2D eigenvalue weighted by Crippen LogP contribution is 2.10. The van der Waals surface area contributed by atoms with Crippen molar-refractivity contribution in [2.75, 3.05) is 13.1 Å². The third kappa shape index (κ3) is 6.14. The molecule has 1 amide bonds. The fraction of sp³-hybridized carbons (Fsp3) is 0.350. The molecule has 4 heteroatoms. The molecule has 0 bridgehead atoms. The predicted octanol–water partition coefficient (Wildman–Crippen LogP) is 2.30. The minimum Gasteiger partial charge on any atom is -0.392 e. The number of nitrogens with two attached hydrogens (primary N) is 1. The molecule has 24 heavy (non-hydrogen) atoms. The minimum atomic E-state index is -0.380. The van der Waals surface area contributed by atoms with Crippen molar-refractivity contribution >= 4 is 5.91 Å². The van der Waals surface area contributed by atoms with Crippen molar-refractivity contribution in [3.8, 4) is 0 Å². The topological polar surface area (TPSA) is 75.4 Å². The molecule has 4 nitrogen and oxygen atoms in total. The van der Waals surface area contributed by atoms with Gasteiger partial charge in [-0.1, -0.05) is 48.5 Å². The smallest absolute Gasteiger partial charge is 0.248 e. The van der Waals surface area contributed by atoms with Crippen molar-refractivity contribution < 1.29 is 9.90 Å². The van der Waals surface area contributed by atoms with Crippen LogP contribution in [0.1, 0.15) is 34.3 Å². The van der Waals surface area contributed by atoms with Gasteiger partial charge in [-0.25, -0.2) is 0 Å². The standard InChI is InChI=1S/C20H26N2O2/c21-20(24)19-11-5-4-9-17(19)10-6-14-22-15-18(23)13-12-16-7-2-1-3-8-16/h1-5,7-9,11,18,22-23H,6,10,12-15H2,(H2,21,24)/t18-/m0/s1. The SMILES string of the molecule is NC(=O)c1ccccc1CCCNC[C@@H](O)CCc1ccccc1. The number of aliphatic hydroxyl groups is 1. The zero-order chi connectivity index (χ0) is 17.2. The van der Waals surface area contributed by atoms with Crippen LogP contribution in [0.5, 0.6) is 0 Å². The molecule has 0 unspecified atom stereocenters. The molecule has 2 aromatic rings. The molecule has 2 aromatic carbocycles. The lowest BCUT2D eigenvalue weighted by atomic mass is 10.0. The van der Waals surface area contributed by atoms with Gasteiger partial charge in [0, 0.05) is 12.1 Å². The summed E-state index contributed by atoms with van der Waals surface area (Å²) < 4.78 is 0. The van der Waals surface area contributed by atoms with Crippen LogP contribution in [0.2, 0.25) is 0 Å². The van der Waals surface area contributed by atoms with Crippen molar-refractivity contribution in [1.29, 1.82) is 0 Å². The Labute approximate surface area is 143 Å². The van der Waals surface area contributed by atoms with Gasteiger partial charge in [0.1, 0.15) is 0 Å². The molecular weight excluding hydrogens is 300 g/mol. The number of hydrogen-bond donors (Lipinski definition) is 3. The van der Waals surface area contributed by atoms with Crippen LogP contribution in [-0.4, -0.2) is 30.2 Å². The van der Waals surface area contributed by atoms with E-state index in [-0.39, 0.29) is 12.0 Å². The van der Waals surface area contributed by atoms with Crippen LogP contribution in [0.15, 0.2) is 54.6 Å². The third-order valence-corrected chi connectivity index (χ3v) is 4.07. The second kappa shape index (κ2) is 9.85. The Morgan fingerprint density at radius 1 is 1.04 bits per heavy atom. The van der Waals surface area contributed by atoms with Gasteiger partial charge in [-0.05, 0) is 49.4 Å². The molecule has 0 radical (unpaired) electrons. The van der Waals surface area contributed by atoms with Crippen molar-refractivity contribution in [3.63, 3.8) is 0 Å². The Morgan fingerprint density at radius 2 is 1.75 bits per heavy atom. The molecule has 0 aliphatic carbocycles. The first-order valence-corrected chi connectivity index (χ1v) is 8.47. The number of primary amides is 1. The normalized spacial score (nSPS) is 12.0. The van der Waals surface area contributed by atoms with Gasteiger partial charge in [0.25, 0.3) is 0 Å². The van der Waals surface area contributed by atoms with E-state index in [1.54, 1.807) is 6.07 Å². The van der Waals surface area contributed by atoms with E-state index in [1.807, 2.05) is 36.4 Å². The number of benzene rings is 2. The van der Waals surface area contributed by atoms with Crippen molar-refractivity contribution in [2.45, 2.75) is 31.8 Å². The summed E-state index contributed by atoms with van der Waals surface area (Å²) in [6.07, 6.45) is 2.99. The van der Waals surface area contributed by atoms with Gasteiger partial charge in [0.15, 0.2) is 0 Å². The summed E-state index contributed by atoms with van der Waals surface area (Å²) in [6, 6.07) is 17.6. The van der Waals surface area contributed by atoms with Gasteiger partial charge >= 0.3 is 0 Å². The van der Waals surface area contributed by atoms with Crippen molar-refractivity contribution in [3.05, 3.63) is 71.3 Å². The number of aryl methyl sites for hydroxylation is 2. The van der Waals surface area contributed by atoms with Crippen molar-refractivity contribution in [1.82, 2.24) is 5.32 Å². The first-order chi connectivity index (χ1) is 11.7. The summed E-state index contributed by atoms with van der Waals surface area (Å²) in [5.74, 6) is -0.380. The van der Waals surface area contributed by atoms with E-state index in [0.29, 0.717) is 12.1 Å². The average molecular weight is 326 g/mol. The van der Waals surface area contributed by atoms with E-state index >= 15 is 0 Å². The second-order valence-electron chi connectivity index (χ2n) is 6.01. The summed E-state index contributed by atoms with van der Waals surface area (Å²) in [6.45, 7) is 1.39.